The second-order valence-electron chi connectivity index (χ2n) is 7.53. The molecule has 0 spiro atoms. The van der Waals surface area contributed by atoms with E-state index in [-0.39, 0.29) is 0 Å². The topological polar surface area (TPSA) is 110 Å². The summed E-state index contributed by atoms with van der Waals surface area (Å²) in [6.07, 6.45) is 0.775. The molecule has 3 heterocycles. The van der Waals surface area contributed by atoms with Gasteiger partial charge in [0.1, 0.15) is 23.6 Å². The summed E-state index contributed by atoms with van der Waals surface area (Å²) in [6, 6.07) is 6.14. The minimum absolute atomic E-state index is 0.412. The summed E-state index contributed by atoms with van der Waals surface area (Å²) < 4.78 is 16.7. The van der Waals surface area contributed by atoms with Gasteiger partial charge in [-0.15, -0.1) is 0 Å². The molecule has 1 fully saturated rings. The van der Waals surface area contributed by atoms with Crippen molar-refractivity contribution in [3.05, 3.63) is 41.3 Å². The van der Waals surface area contributed by atoms with Crippen LogP contribution >= 0.6 is 0 Å². The Balaban J connectivity index is 1.47. The molecule has 2 N–H and O–H groups in total. The molecule has 0 saturated carbocycles. The van der Waals surface area contributed by atoms with Crippen LogP contribution in [0.25, 0.3) is 0 Å². The van der Waals surface area contributed by atoms with Gasteiger partial charge in [0.15, 0.2) is 11.5 Å². The van der Waals surface area contributed by atoms with Crippen LogP contribution in [0, 0.1) is 13.8 Å². The Hall–Kier alpha value is -3.49. The van der Waals surface area contributed by atoms with Crippen molar-refractivity contribution in [3.63, 3.8) is 0 Å². The third-order valence-corrected chi connectivity index (χ3v) is 5.19. The van der Waals surface area contributed by atoms with E-state index in [1.807, 2.05) is 0 Å². The molecule has 1 aromatic heterocycles. The van der Waals surface area contributed by atoms with E-state index in [1.165, 1.54) is 0 Å². The van der Waals surface area contributed by atoms with Gasteiger partial charge < -0.3 is 24.5 Å². The first kappa shape index (κ1) is 19.8. The number of nitrogens with one attached hydrogen (secondary N) is 2. The lowest BCUT2D eigenvalue weighted by Gasteiger charge is -2.21. The van der Waals surface area contributed by atoms with E-state index in [4.69, 9.17) is 13.9 Å². The summed E-state index contributed by atoms with van der Waals surface area (Å²) in [5.74, 6) is 1.32. The van der Waals surface area contributed by atoms with Crippen molar-refractivity contribution in [1.82, 2.24) is 10.2 Å². The van der Waals surface area contributed by atoms with Crippen molar-refractivity contribution in [2.75, 3.05) is 25.1 Å². The van der Waals surface area contributed by atoms with Crippen LogP contribution in [0.2, 0.25) is 0 Å². The van der Waals surface area contributed by atoms with Gasteiger partial charge in [0.05, 0.1) is 13.2 Å². The molecule has 4 amide bonds. The van der Waals surface area contributed by atoms with Crippen LogP contribution in [-0.4, -0.2) is 42.5 Å². The third kappa shape index (κ3) is 3.47. The number of nitrogens with zero attached hydrogens (tertiary/aromatic N) is 1. The summed E-state index contributed by atoms with van der Waals surface area (Å²) >= 11 is 0. The number of anilines is 1. The molecule has 9 nitrogen and oxygen atoms in total. The fourth-order valence-corrected chi connectivity index (χ4v) is 3.74. The Morgan fingerprint density at radius 3 is 2.60 bits per heavy atom. The predicted octanol–water partition coefficient (Wildman–Crippen LogP) is 2.46. The molecule has 2 aliphatic heterocycles. The van der Waals surface area contributed by atoms with Crippen molar-refractivity contribution < 1.29 is 28.3 Å². The van der Waals surface area contributed by atoms with Gasteiger partial charge in [-0.25, -0.2) is 4.79 Å². The van der Waals surface area contributed by atoms with E-state index in [0.29, 0.717) is 47.5 Å². The van der Waals surface area contributed by atoms with Gasteiger partial charge in [-0.2, -0.15) is 0 Å². The number of hydrogen-bond acceptors (Lipinski definition) is 6. The molecule has 0 bridgehead atoms. The number of fused-ring (bicyclic) bond motifs is 1. The highest BCUT2D eigenvalue weighted by Gasteiger charge is 2.51. The molecule has 1 atom stereocenters. The van der Waals surface area contributed by atoms with Crippen molar-refractivity contribution in [2.24, 2.45) is 0 Å². The Morgan fingerprint density at radius 2 is 1.90 bits per heavy atom. The highest BCUT2D eigenvalue weighted by molar-refractivity contribution is 6.10. The number of rotatable bonds is 4. The maximum Gasteiger partial charge on any atom is 0.325 e. The zero-order chi connectivity index (χ0) is 21.5. The highest BCUT2D eigenvalue weighted by atomic mass is 16.5. The molecule has 158 valence electrons. The first-order chi connectivity index (χ1) is 14.3. The van der Waals surface area contributed by atoms with Gasteiger partial charge in [-0.1, -0.05) is 0 Å². The van der Waals surface area contributed by atoms with E-state index in [9.17, 15) is 14.4 Å². The van der Waals surface area contributed by atoms with Crippen LogP contribution in [0.15, 0.2) is 28.7 Å². The van der Waals surface area contributed by atoms with Gasteiger partial charge >= 0.3 is 6.03 Å². The van der Waals surface area contributed by atoms with Gasteiger partial charge in [0.25, 0.3) is 5.91 Å². The lowest BCUT2D eigenvalue weighted by molar-refractivity contribution is -0.133. The second-order valence-corrected chi connectivity index (χ2v) is 7.53. The number of carbonyl (C=O) groups excluding carboxylic acids is 3. The van der Waals surface area contributed by atoms with E-state index < -0.39 is 29.9 Å². The number of aryl methyl sites for hydroxylation is 2. The quantitative estimate of drug-likeness (QED) is 0.745. The Morgan fingerprint density at radius 1 is 1.17 bits per heavy atom. The lowest BCUT2D eigenvalue weighted by atomic mass is 9.92. The van der Waals surface area contributed by atoms with Crippen LogP contribution in [-0.2, 0) is 15.1 Å². The fraction of sp³-hybridized carbons (Fsp3) is 0.381. The third-order valence-electron chi connectivity index (χ3n) is 5.19. The molecule has 9 heteroatoms. The molecule has 0 radical (unpaired) electrons. The number of urea groups is 1. The number of imide groups is 1. The van der Waals surface area contributed by atoms with E-state index in [2.05, 4.69) is 10.6 Å². The number of furan rings is 1. The van der Waals surface area contributed by atoms with Gasteiger partial charge in [-0.05, 0) is 39.0 Å². The van der Waals surface area contributed by atoms with Crippen molar-refractivity contribution in [3.8, 4) is 11.5 Å². The Labute approximate surface area is 173 Å². The van der Waals surface area contributed by atoms with E-state index >= 15 is 0 Å². The molecular weight excluding hydrogens is 390 g/mol. The average molecular weight is 413 g/mol. The summed E-state index contributed by atoms with van der Waals surface area (Å²) in [5.41, 5.74) is -0.224. The van der Waals surface area contributed by atoms with Gasteiger partial charge in [0.2, 0.25) is 5.91 Å². The lowest BCUT2D eigenvalue weighted by Crippen LogP contribution is -2.42. The number of ether oxygens (including phenoxy) is 2. The zero-order valence-corrected chi connectivity index (χ0v) is 17.0. The molecule has 2 aromatic rings. The summed E-state index contributed by atoms with van der Waals surface area (Å²) in [5, 5.41) is 5.37. The Bertz CT molecular complexity index is 1030. The molecule has 1 saturated heterocycles. The number of amides is 4. The van der Waals surface area contributed by atoms with Crippen LogP contribution in [0.5, 0.6) is 11.5 Å². The SMILES string of the molecule is Cc1cc(C2(C)NC(=O)N(CC(=O)Nc3ccc4c(c3)OCCCO4)C2=O)c(C)o1. The normalized spacial score (nSPS) is 20.7. The largest absolute Gasteiger partial charge is 0.490 e. The second kappa shape index (κ2) is 7.40. The molecule has 0 aliphatic carbocycles. The van der Waals surface area contributed by atoms with Crippen LogP contribution in [0.4, 0.5) is 10.5 Å². The summed E-state index contributed by atoms with van der Waals surface area (Å²) in [6.45, 7) is 5.78. The maximum absolute atomic E-state index is 13.0. The number of carbonyl (C=O) groups is 3. The van der Waals surface area contributed by atoms with Crippen LogP contribution < -0.4 is 20.1 Å². The Kier molecular flexibility index (Phi) is 4.89. The fourth-order valence-electron chi connectivity index (χ4n) is 3.74. The van der Waals surface area contributed by atoms with Gasteiger partial charge in [0, 0.05) is 23.7 Å². The summed E-state index contributed by atoms with van der Waals surface area (Å²) in [4.78, 5) is 38.9. The standard InChI is InChI=1S/C21H23N3O6/c1-12-9-15(13(2)30-12)21(3)19(26)24(20(27)23-21)11-18(25)22-14-5-6-16-17(10-14)29-8-4-7-28-16/h5-6,9-10H,4,7-8,11H2,1-3H3,(H,22,25)(H,23,27). The van der Waals surface area contributed by atoms with Crippen LogP contribution in [0.3, 0.4) is 0 Å². The molecule has 4 rings (SSSR count). The molecular formula is C21H23N3O6. The molecule has 1 aromatic carbocycles. The molecule has 2 aliphatic rings. The average Bonchev–Trinajstić information content (AvgIpc) is 3.02. The maximum atomic E-state index is 13.0. The van der Waals surface area contributed by atoms with Crippen molar-refractivity contribution >= 4 is 23.5 Å². The van der Waals surface area contributed by atoms with Crippen molar-refractivity contribution in [1.29, 1.82) is 0 Å². The van der Waals surface area contributed by atoms with Gasteiger partial charge in [-0.3, -0.25) is 14.5 Å². The van der Waals surface area contributed by atoms with Crippen LogP contribution in [0.1, 0.15) is 30.4 Å². The molecule has 1 unspecified atom stereocenters. The predicted molar refractivity (Wildman–Crippen MR) is 106 cm³/mol. The zero-order valence-electron chi connectivity index (χ0n) is 17.0. The first-order valence-electron chi connectivity index (χ1n) is 9.69. The minimum Gasteiger partial charge on any atom is -0.490 e. The number of benzene rings is 1. The number of hydrogen-bond donors (Lipinski definition) is 2. The molecule has 30 heavy (non-hydrogen) atoms. The smallest absolute Gasteiger partial charge is 0.325 e. The minimum atomic E-state index is -1.28. The highest BCUT2D eigenvalue weighted by Crippen LogP contribution is 2.34. The van der Waals surface area contributed by atoms with E-state index in [0.717, 1.165) is 11.3 Å². The van der Waals surface area contributed by atoms with E-state index in [1.54, 1.807) is 45.0 Å². The van der Waals surface area contributed by atoms with Crippen molar-refractivity contribution in [2.45, 2.75) is 32.7 Å². The first-order valence-corrected chi connectivity index (χ1v) is 9.69. The summed E-state index contributed by atoms with van der Waals surface area (Å²) in [7, 11) is 0. The monoisotopic (exact) mass is 413 g/mol.